The van der Waals surface area contributed by atoms with Crippen molar-refractivity contribution in [1.82, 2.24) is 31.9 Å². The lowest BCUT2D eigenvalue weighted by Crippen LogP contribution is -2.42. The quantitative estimate of drug-likeness (QED) is 0.0124. The Morgan fingerprint density at radius 2 is 0.645 bits per heavy atom. The van der Waals surface area contributed by atoms with E-state index < -0.39 is 42.0 Å². The molecule has 0 bridgehead atoms. The molecule has 62 heavy (non-hydrogen) atoms. The highest BCUT2D eigenvalue weighted by Crippen LogP contribution is 2.24. The Balaban J connectivity index is 4.79. The van der Waals surface area contributed by atoms with E-state index in [0.717, 1.165) is 69.2 Å². The van der Waals surface area contributed by atoms with Gasteiger partial charge in [-0.3, -0.25) is 14.5 Å². The number of hydrogen-bond acceptors (Lipinski definition) is 15. The highest BCUT2D eigenvalue weighted by molar-refractivity contribution is 5.82. The molecule has 0 spiro atoms. The summed E-state index contributed by atoms with van der Waals surface area (Å²) in [7, 11) is 0. The molecule has 21 heteroatoms. The molecular weight excluding hydrogens is 811 g/mol. The molecule has 0 atom stereocenters. The first-order chi connectivity index (χ1) is 29.7. The van der Waals surface area contributed by atoms with Gasteiger partial charge in [-0.25, -0.2) is 28.8 Å². The summed E-state index contributed by atoms with van der Waals surface area (Å²) in [6.07, 6.45) is 7.08. The number of unbranched alkanes of at least 4 members (excludes halogenated alkanes) is 9. The Hall–Kier alpha value is -5.37. The smallest absolute Gasteiger partial charge is 0.433 e. The second kappa shape index (κ2) is 37.4. The van der Waals surface area contributed by atoms with Crippen LogP contribution in [0.4, 0.5) is 28.8 Å². The number of carbonyl (C=O) groups excluding carboxylic acids is 6. The molecule has 0 aliphatic carbocycles. The van der Waals surface area contributed by atoms with E-state index in [0.29, 0.717) is 83.5 Å². The van der Waals surface area contributed by atoms with E-state index in [1.807, 2.05) is 20.8 Å². The summed E-state index contributed by atoms with van der Waals surface area (Å²) >= 11 is 0. The lowest BCUT2D eigenvalue weighted by atomic mass is 9.88. The van der Waals surface area contributed by atoms with Gasteiger partial charge >= 0.3 is 36.6 Å². The molecule has 0 radical (unpaired) electrons. The first kappa shape index (κ1) is 56.6. The van der Waals surface area contributed by atoms with Crippen LogP contribution in [0.3, 0.4) is 0 Å². The maximum atomic E-state index is 12.6. The van der Waals surface area contributed by atoms with Gasteiger partial charge < -0.3 is 46.1 Å². The van der Waals surface area contributed by atoms with Crippen LogP contribution in [0.5, 0.6) is 0 Å². The summed E-state index contributed by atoms with van der Waals surface area (Å²) in [5.74, 6) is 0. The fourth-order valence-electron chi connectivity index (χ4n) is 4.79. The Labute approximate surface area is 367 Å². The zero-order valence-corrected chi connectivity index (χ0v) is 38.2. The Morgan fingerprint density at radius 3 is 0.887 bits per heavy atom. The number of oxime groups is 3. The van der Waals surface area contributed by atoms with Gasteiger partial charge in [0.05, 0.1) is 22.6 Å². The maximum Gasteiger partial charge on any atom is 0.433 e. The standard InChI is InChI=1S/C41H75N9O12/c1-8-33(6)49-61-39(55)46-27-21-15-12-18-24-43-36(52)58-30-41(10-3,29-57-35(51)42-23-17-11-14-20-26-45-38(54)60-48-32(4)5)31-59-37(53)44-25-19-13-16-22-28-47-40(56)62-50-34(7)9-2/h8-31H2,1-7H3,(H,42,51)(H,43,52)(H,44,53)(H,45,54)(H,46,55)(H,47,56). The Kier molecular flexibility index (Phi) is 34.2. The fourth-order valence-corrected chi connectivity index (χ4v) is 4.79. The van der Waals surface area contributed by atoms with Crippen LogP contribution < -0.4 is 31.9 Å². The van der Waals surface area contributed by atoms with Crippen molar-refractivity contribution in [1.29, 1.82) is 0 Å². The highest BCUT2D eigenvalue weighted by Gasteiger charge is 2.34. The van der Waals surface area contributed by atoms with Crippen LogP contribution in [0, 0.1) is 5.41 Å². The SMILES string of the molecule is CCC(C)=NOC(=O)NCCCCCCNC(=O)OCC(CC)(COC(=O)NCCCCCCNC(=O)ON=C(C)C)COC(=O)NCCCCCCNC(=O)ON=C(C)CC. The minimum absolute atomic E-state index is 0.183. The minimum atomic E-state index is -1.02. The second-order valence-corrected chi connectivity index (χ2v) is 14.9. The lowest BCUT2D eigenvalue weighted by Gasteiger charge is -2.31. The van der Waals surface area contributed by atoms with Crippen LogP contribution in [-0.4, -0.2) is 113 Å². The van der Waals surface area contributed by atoms with Gasteiger partial charge in [0, 0.05) is 39.3 Å². The molecule has 0 fully saturated rings. The van der Waals surface area contributed by atoms with Crippen molar-refractivity contribution < 1.29 is 57.5 Å². The van der Waals surface area contributed by atoms with Gasteiger partial charge in [0.1, 0.15) is 19.8 Å². The van der Waals surface area contributed by atoms with Crippen LogP contribution in [0.15, 0.2) is 15.5 Å². The number of nitrogens with zero attached hydrogens (tertiary/aromatic N) is 3. The first-order valence-corrected chi connectivity index (χ1v) is 21.9. The van der Waals surface area contributed by atoms with Crippen LogP contribution in [-0.2, 0) is 28.7 Å². The molecule has 0 aromatic rings. The third-order valence-corrected chi connectivity index (χ3v) is 9.11. The number of carbonyl (C=O) groups is 6. The van der Waals surface area contributed by atoms with Gasteiger partial charge in [0.2, 0.25) is 0 Å². The van der Waals surface area contributed by atoms with E-state index in [2.05, 4.69) is 52.2 Å². The molecule has 356 valence electrons. The van der Waals surface area contributed by atoms with Crippen LogP contribution in [0.25, 0.3) is 0 Å². The van der Waals surface area contributed by atoms with Crippen molar-refractivity contribution in [3.05, 3.63) is 0 Å². The third kappa shape index (κ3) is 34.4. The first-order valence-electron chi connectivity index (χ1n) is 21.9. The van der Waals surface area contributed by atoms with E-state index in [-0.39, 0.29) is 19.8 Å². The lowest BCUT2D eigenvalue weighted by molar-refractivity contribution is -0.0175. The van der Waals surface area contributed by atoms with Crippen LogP contribution in [0.2, 0.25) is 0 Å². The number of nitrogens with one attached hydrogen (secondary N) is 6. The summed E-state index contributed by atoms with van der Waals surface area (Å²) in [6, 6.07) is 0. The number of rotatable bonds is 33. The minimum Gasteiger partial charge on any atom is -0.449 e. The van der Waals surface area contributed by atoms with Gasteiger partial charge in [-0.1, -0.05) is 74.8 Å². The average molecular weight is 886 g/mol. The summed E-state index contributed by atoms with van der Waals surface area (Å²) < 4.78 is 16.6. The summed E-state index contributed by atoms with van der Waals surface area (Å²) in [6.45, 7) is 14.5. The number of alkyl carbamates (subject to hydrolysis) is 3. The largest absolute Gasteiger partial charge is 0.449 e. The van der Waals surface area contributed by atoms with Crippen molar-refractivity contribution >= 4 is 53.7 Å². The molecule has 6 N–H and O–H groups in total. The topological polar surface area (TPSA) is 267 Å². The molecule has 0 saturated heterocycles. The van der Waals surface area contributed by atoms with Crippen molar-refractivity contribution in [3.63, 3.8) is 0 Å². The predicted octanol–water partition coefficient (Wildman–Crippen LogP) is 7.39. The van der Waals surface area contributed by atoms with Gasteiger partial charge in [-0.15, -0.1) is 0 Å². The Bertz CT molecular complexity index is 1330. The molecule has 0 saturated carbocycles. The molecule has 0 aromatic carbocycles. The molecule has 0 unspecified atom stereocenters. The molecule has 0 heterocycles. The van der Waals surface area contributed by atoms with E-state index in [1.165, 1.54) is 0 Å². The zero-order chi connectivity index (χ0) is 46.3. The van der Waals surface area contributed by atoms with Gasteiger partial charge in [0.15, 0.2) is 0 Å². The monoisotopic (exact) mass is 886 g/mol. The molecule has 0 aliphatic rings. The fraction of sp³-hybridized carbons (Fsp3) is 0.780. The van der Waals surface area contributed by atoms with Gasteiger partial charge in [-0.2, -0.15) is 0 Å². The molecule has 0 aromatic heterocycles. The van der Waals surface area contributed by atoms with Crippen LogP contribution in [0.1, 0.15) is 145 Å². The zero-order valence-electron chi connectivity index (χ0n) is 38.2. The molecule has 0 aliphatic heterocycles. The number of amides is 6. The number of ether oxygens (including phenoxy) is 3. The third-order valence-electron chi connectivity index (χ3n) is 9.11. The van der Waals surface area contributed by atoms with Crippen LogP contribution >= 0.6 is 0 Å². The van der Waals surface area contributed by atoms with Crippen molar-refractivity contribution in [2.24, 2.45) is 20.9 Å². The normalized spacial score (nSPS) is 12.1. The molecule has 0 rings (SSSR count). The second-order valence-electron chi connectivity index (χ2n) is 14.9. The van der Waals surface area contributed by atoms with Gasteiger partial charge in [-0.05, 0) is 85.5 Å². The maximum absolute atomic E-state index is 12.6. The predicted molar refractivity (Wildman–Crippen MR) is 235 cm³/mol. The van der Waals surface area contributed by atoms with E-state index in [4.69, 9.17) is 23.9 Å². The summed E-state index contributed by atoms with van der Waals surface area (Å²) in [5, 5.41) is 27.1. The van der Waals surface area contributed by atoms with Crippen molar-refractivity contribution in [2.75, 3.05) is 59.1 Å². The Morgan fingerprint density at radius 1 is 0.387 bits per heavy atom. The van der Waals surface area contributed by atoms with E-state index in [1.54, 1.807) is 27.7 Å². The van der Waals surface area contributed by atoms with E-state index >= 15 is 0 Å². The summed E-state index contributed by atoms with van der Waals surface area (Å²) in [5.41, 5.74) is 1.05. The van der Waals surface area contributed by atoms with E-state index in [9.17, 15) is 28.8 Å². The molecule has 6 amide bonds. The summed E-state index contributed by atoms with van der Waals surface area (Å²) in [4.78, 5) is 87.0. The van der Waals surface area contributed by atoms with Gasteiger partial charge in [0.25, 0.3) is 0 Å². The molecule has 21 nitrogen and oxygen atoms in total. The van der Waals surface area contributed by atoms with Crippen molar-refractivity contribution in [3.8, 4) is 0 Å². The van der Waals surface area contributed by atoms with Crippen molar-refractivity contribution in [2.45, 2.75) is 145 Å². The number of hydrogen-bond donors (Lipinski definition) is 6. The highest BCUT2D eigenvalue weighted by atomic mass is 16.7. The molecular formula is C41H75N9O12. The average Bonchev–Trinajstić information content (AvgIpc) is 3.26.